The predicted molar refractivity (Wildman–Crippen MR) is 62.6 cm³/mol. The summed E-state index contributed by atoms with van der Waals surface area (Å²) in [5.41, 5.74) is 2.99. The van der Waals surface area contributed by atoms with Crippen LogP contribution in [0.2, 0.25) is 0 Å². The van der Waals surface area contributed by atoms with Crippen LogP contribution in [0.4, 0.5) is 0 Å². The zero-order valence-electron chi connectivity index (χ0n) is 8.86. The molecule has 0 atom stereocenters. The van der Waals surface area contributed by atoms with Crippen molar-refractivity contribution in [3.63, 3.8) is 0 Å². The van der Waals surface area contributed by atoms with E-state index in [1.54, 1.807) is 0 Å². The van der Waals surface area contributed by atoms with Gasteiger partial charge in [0.25, 0.3) is 5.91 Å². The summed E-state index contributed by atoms with van der Waals surface area (Å²) in [7, 11) is 0. The maximum absolute atomic E-state index is 11.9. The summed E-state index contributed by atoms with van der Waals surface area (Å²) in [6, 6.07) is 7.73. The molecule has 2 aliphatic heterocycles. The van der Waals surface area contributed by atoms with Crippen LogP contribution >= 0.6 is 0 Å². The van der Waals surface area contributed by atoms with Gasteiger partial charge in [-0.25, -0.2) is 0 Å². The predicted octanol–water partition coefficient (Wildman–Crippen LogP) is 1.70. The van der Waals surface area contributed by atoms with E-state index < -0.39 is 0 Å². The molecule has 80 valence electrons. The molecular weight excluding hydrogens is 200 g/mol. The number of carbonyl (C=O) groups excluding carboxylic acids is 1. The zero-order chi connectivity index (χ0) is 11.0. The topological polar surface area (TPSA) is 41.5 Å². The average Bonchev–Trinajstić information content (AvgIpc) is 2.45. The van der Waals surface area contributed by atoms with Crippen molar-refractivity contribution >= 4 is 11.7 Å². The van der Waals surface area contributed by atoms with Crippen molar-refractivity contribution in [2.24, 2.45) is 4.99 Å². The SMILES string of the molecule is O=C1NC2=NCCC=C2Cc2ccccc21. The Morgan fingerprint density at radius 2 is 2.12 bits per heavy atom. The number of dihydropyridines is 1. The first-order valence-electron chi connectivity index (χ1n) is 5.48. The summed E-state index contributed by atoms with van der Waals surface area (Å²) in [5.74, 6) is 0.715. The molecule has 0 radical (unpaired) electrons. The van der Waals surface area contributed by atoms with E-state index in [2.05, 4.69) is 16.4 Å². The Bertz CT molecular complexity index is 514. The summed E-state index contributed by atoms with van der Waals surface area (Å²) in [5, 5.41) is 2.88. The number of amides is 1. The molecule has 0 fully saturated rings. The fraction of sp³-hybridized carbons (Fsp3) is 0.231. The number of nitrogens with zero attached hydrogens (tertiary/aromatic N) is 1. The van der Waals surface area contributed by atoms with E-state index in [4.69, 9.17) is 0 Å². The lowest BCUT2D eigenvalue weighted by atomic mass is 9.99. The summed E-state index contributed by atoms with van der Waals surface area (Å²) < 4.78 is 0. The molecule has 0 aromatic heterocycles. The normalized spacial score (nSPS) is 18.6. The van der Waals surface area contributed by atoms with Crippen LogP contribution in [0.1, 0.15) is 22.3 Å². The van der Waals surface area contributed by atoms with Crippen LogP contribution in [-0.4, -0.2) is 18.3 Å². The van der Waals surface area contributed by atoms with Gasteiger partial charge in [0.05, 0.1) is 0 Å². The second-order valence-electron chi connectivity index (χ2n) is 4.04. The molecule has 3 nitrogen and oxygen atoms in total. The molecule has 1 amide bonds. The maximum Gasteiger partial charge on any atom is 0.257 e. The van der Waals surface area contributed by atoms with Crippen LogP contribution in [0, 0.1) is 0 Å². The lowest BCUT2D eigenvalue weighted by Gasteiger charge is -2.11. The first kappa shape index (κ1) is 9.33. The van der Waals surface area contributed by atoms with Gasteiger partial charge in [-0.2, -0.15) is 0 Å². The monoisotopic (exact) mass is 212 g/mol. The third-order valence-corrected chi connectivity index (χ3v) is 2.97. The smallest absolute Gasteiger partial charge is 0.257 e. The summed E-state index contributed by atoms with van der Waals surface area (Å²) in [6.07, 6.45) is 3.94. The maximum atomic E-state index is 11.9. The Balaban J connectivity index is 2.11. The first-order chi connectivity index (χ1) is 7.84. The number of nitrogens with one attached hydrogen (secondary N) is 1. The van der Waals surface area contributed by atoms with Crippen LogP contribution in [0.3, 0.4) is 0 Å². The van der Waals surface area contributed by atoms with Crippen molar-refractivity contribution < 1.29 is 4.79 Å². The van der Waals surface area contributed by atoms with Gasteiger partial charge in [-0.15, -0.1) is 0 Å². The van der Waals surface area contributed by atoms with E-state index in [1.165, 1.54) is 0 Å². The van der Waals surface area contributed by atoms with Crippen LogP contribution in [-0.2, 0) is 6.42 Å². The van der Waals surface area contributed by atoms with Crippen LogP contribution in [0.15, 0.2) is 40.9 Å². The van der Waals surface area contributed by atoms with Crippen molar-refractivity contribution in [1.29, 1.82) is 0 Å². The number of fused-ring (bicyclic) bond motifs is 2. The van der Waals surface area contributed by atoms with Crippen LogP contribution < -0.4 is 5.32 Å². The molecule has 2 heterocycles. The first-order valence-corrected chi connectivity index (χ1v) is 5.48. The Kier molecular flexibility index (Phi) is 2.10. The highest BCUT2D eigenvalue weighted by Gasteiger charge is 2.22. The lowest BCUT2D eigenvalue weighted by molar-refractivity contribution is 0.0977. The molecule has 0 aliphatic carbocycles. The van der Waals surface area contributed by atoms with Gasteiger partial charge in [0.15, 0.2) is 0 Å². The Labute approximate surface area is 93.9 Å². The molecule has 1 aromatic rings. The zero-order valence-corrected chi connectivity index (χ0v) is 8.86. The largest absolute Gasteiger partial charge is 0.307 e. The Morgan fingerprint density at radius 1 is 1.25 bits per heavy atom. The van der Waals surface area contributed by atoms with E-state index in [9.17, 15) is 4.79 Å². The van der Waals surface area contributed by atoms with Crippen molar-refractivity contribution in [2.45, 2.75) is 12.8 Å². The molecular formula is C13H12N2O. The average molecular weight is 212 g/mol. The highest BCUT2D eigenvalue weighted by atomic mass is 16.1. The minimum Gasteiger partial charge on any atom is -0.307 e. The number of hydrogen-bond donors (Lipinski definition) is 1. The fourth-order valence-corrected chi connectivity index (χ4v) is 2.17. The van der Waals surface area contributed by atoms with Gasteiger partial charge < -0.3 is 5.32 Å². The number of amidine groups is 1. The fourth-order valence-electron chi connectivity index (χ4n) is 2.17. The number of rotatable bonds is 0. The molecule has 3 heteroatoms. The molecule has 3 rings (SSSR count). The van der Waals surface area contributed by atoms with Gasteiger partial charge in [-0.1, -0.05) is 24.3 Å². The second kappa shape index (κ2) is 3.59. The molecule has 1 N–H and O–H groups in total. The van der Waals surface area contributed by atoms with E-state index >= 15 is 0 Å². The van der Waals surface area contributed by atoms with Crippen LogP contribution in [0.25, 0.3) is 0 Å². The van der Waals surface area contributed by atoms with Crippen molar-refractivity contribution in [2.75, 3.05) is 6.54 Å². The van der Waals surface area contributed by atoms with Crippen molar-refractivity contribution in [3.8, 4) is 0 Å². The van der Waals surface area contributed by atoms with E-state index in [1.807, 2.05) is 24.3 Å². The number of carbonyl (C=O) groups is 1. The lowest BCUT2D eigenvalue weighted by Crippen LogP contribution is -2.31. The second-order valence-corrected chi connectivity index (χ2v) is 4.04. The number of benzene rings is 1. The highest BCUT2D eigenvalue weighted by Crippen LogP contribution is 2.20. The van der Waals surface area contributed by atoms with Gasteiger partial charge in [-0.05, 0) is 23.6 Å². The van der Waals surface area contributed by atoms with Gasteiger partial charge in [-0.3, -0.25) is 9.79 Å². The highest BCUT2D eigenvalue weighted by molar-refractivity contribution is 6.15. The molecule has 1 aromatic carbocycles. The molecule has 0 saturated heterocycles. The minimum absolute atomic E-state index is 0.0420. The van der Waals surface area contributed by atoms with Gasteiger partial charge in [0, 0.05) is 18.5 Å². The number of aliphatic imine (C=N–C) groups is 1. The van der Waals surface area contributed by atoms with E-state index in [0.717, 1.165) is 41.9 Å². The van der Waals surface area contributed by atoms with Gasteiger partial charge in [0.1, 0.15) is 5.84 Å². The summed E-state index contributed by atoms with van der Waals surface area (Å²) in [4.78, 5) is 16.3. The molecule has 0 unspecified atom stereocenters. The quantitative estimate of drug-likeness (QED) is 0.698. The minimum atomic E-state index is -0.0420. The summed E-state index contributed by atoms with van der Waals surface area (Å²) in [6.45, 7) is 0.773. The van der Waals surface area contributed by atoms with Gasteiger partial charge in [0.2, 0.25) is 0 Å². The molecule has 2 aliphatic rings. The Morgan fingerprint density at radius 3 is 3.06 bits per heavy atom. The van der Waals surface area contributed by atoms with E-state index in [-0.39, 0.29) is 5.91 Å². The van der Waals surface area contributed by atoms with Crippen molar-refractivity contribution in [1.82, 2.24) is 5.32 Å². The molecule has 16 heavy (non-hydrogen) atoms. The third-order valence-electron chi connectivity index (χ3n) is 2.97. The van der Waals surface area contributed by atoms with E-state index in [0.29, 0.717) is 0 Å². The van der Waals surface area contributed by atoms with Gasteiger partial charge >= 0.3 is 0 Å². The third kappa shape index (κ3) is 1.45. The molecule has 0 bridgehead atoms. The van der Waals surface area contributed by atoms with Crippen LogP contribution in [0.5, 0.6) is 0 Å². The standard InChI is InChI=1S/C13H12N2O/c16-13-11-6-2-1-4-9(11)8-10-5-3-7-14-12(10)15-13/h1-2,4-6H,3,7-8H2,(H,14,15,16). The Hall–Kier alpha value is -1.90. The van der Waals surface area contributed by atoms with Crippen molar-refractivity contribution in [3.05, 3.63) is 47.0 Å². The molecule has 0 spiro atoms. The summed E-state index contributed by atoms with van der Waals surface area (Å²) >= 11 is 0. The molecule has 0 saturated carbocycles. The number of hydrogen-bond acceptors (Lipinski definition) is 2.